The first-order chi connectivity index (χ1) is 18.1. The zero-order valence-electron chi connectivity index (χ0n) is 22.6. The first-order valence-corrected chi connectivity index (χ1v) is 13.0. The summed E-state index contributed by atoms with van der Waals surface area (Å²) in [5.74, 6) is -0.433. The molecule has 1 saturated heterocycles. The first-order valence-electron chi connectivity index (χ1n) is 13.0. The van der Waals surface area contributed by atoms with Crippen molar-refractivity contribution in [3.8, 4) is 0 Å². The molecule has 3 rings (SSSR count). The molecule has 0 radical (unpaired) electrons. The molecule has 0 bridgehead atoms. The molecule has 0 atom stereocenters. The van der Waals surface area contributed by atoms with Gasteiger partial charge >= 0.3 is 13.3 Å². The fourth-order valence-corrected chi connectivity index (χ4v) is 3.74. The number of para-hydroxylation sites is 1. The van der Waals surface area contributed by atoms with Crippen molar-refractivity contribution in [3.05, 3.63) is 60.2 Å². The summed E-state index contributed by atoms with van der Waals surface area (Å²) in [5, 5.41) is 2.84. The monoisotopic (exact) mass is 524 g/mol. The van der Waals surface area contributed by atoms with Crippen LogP contribution < -0.4 is 16.3 Å². The van der Waals surface area contributed by atoms with Gasteiger partial charge in [-0.2, -0.15) is 5.48 Å². The van der Waals surface area contributed by atoms with Crippen LogP contribution in [-0.4, -0.2) is 36.3 Å². The SMILES string of the molecule is CC1(C)OB(c2ccc(COC(=O)ONC(=O)CCCCCCC(=O)Nc3ccccc3)cc2)OC1(C)C. The van der Waals surface area contributed by atoms with Gasteiger partial charge in [-0.25, -0.2) is 4.79 Å². The molecule has 1 heterocycles. The quantitative estimate of drug-likeness (QED) is 0.191. The van der Waals surface area contributed by atoms with Crippen LogP contribution in [0.5, 0.6) is 0 Å². The van der Waals surface area contributed by atoms with E-state index < -0.39 is 30.4 Å². The third-order valence-electron chi connectivity index (χ3n) is 6.73. The fourth-order valence-electron chi connectivity index (χ4n) is 3.74. The topological polar surface area (TPSA) is 112 Å². The van der Waals surface area contributed by atoms with Crippen molar-refractivity contribution in [2.24, 2.45) is 0 Å². The molecule has 204 valence electrons. The fraction of sp³-hybridized carbons (Fsp3) is 0.464. The largest absolute Gasteiger partial charge is 0.533 e. The zero-order chi connectivity index (χ0) is 27.6. The molecule has 1 aliphatic heterocycles. The minimum absolute atomic E-state index is 0.00377. The second-order valence-corrected chi connectivity index (χ2v) is 10.3. The lowest BCUT2D eigenvalue weighted by Gasteiger charge is -2.32. The number of unbranched alkanes of at least 4 members (excludes halogenated alkanes) is 3. The van der Waals surface area contributed by atoms with Crippen LogP contribution in [0.1, 0.15) is 71.8 Å². The van der Waals surface area contributed by atoms with Gasteiger partial charge in [0, 0.05) is 18.5 Å². The van der Waals surface area contributed by atoms with Gasteiger partial charge in [0.2, 0.25) is 5.91 Å². The third-order valence-corrected chi connectivity index (χ3v) is 6.73. The minimum Gasteiger partial charge on any atom is -0.428 e. The number of hydroxylamine groups is 1. The summed E-state index contributed by atoms with van der Waals surface area (Å²) >= 11 is 0. The molecule has 0 saturated carbocycles. The Morgan fingerprint density at radius 3 is 1.97 bits per heavy atom. The van der Waals surface area contributed by atoms with E-state index in [-0.39, 0.29) is 18.9 Å². The number of amides is 2. The Kier molecular flexibility index (Phi) is 10.3. The maximum absolute atomic E-state index is 11.9. The number of rotatable bonds is 11. The molecule has 2 N–H and O–H groups in total. The second kappa shape index (κ2) is 13.4. The van der Waals surface area contributed by atoms with E-state index in [0.29, 0.717) is 12.8 Å². The Labute approximate surface area is 224 Å². The highest BCUT2D eigenvalue weighted by molar-refractivity contribution is 6.62. The second-order valence-electron chi connectivity index (χ2n) is 10.3. The summed E-state index contributed by atoms with van der Waals surface area (Å²) in [5.41, 5.74) is 3.67. The minimum atomic E-state index is -0.988. The van der Waals surface area contributed by atoms with Gasteiger partial charge in [-0.15, -0.1) is 0 Å². The summed E-state index contributed by atoms with van der Waals surface area (Å²) < 4.78 is 17.1. The van der Waals surface area contributed by atoms with Crippen LogP contribution in [-0.2, 0) is 35.1 Å². The van der Waals surface area contributed by atoms with Crippen molar-refractivity contribution in [1.29, 1.82) is 0 Å². The number of anilines is 1. The molecule has 10 heteroatoms. The maximum Gasteiger partial charge on any atom is 0.533 e. The molecule has 9 nitrogen and oxygen atoms in total. The lowest BCUT2D eigenvalue weighted by atomic mass is 9.79. The highest BCUT2D eigenvalue weighted by atomic mass is 16.8. The Hall–Kier alpha value is -3.37. The zero-order valence-corrected chi connectivity index (χ0v) is 22.6. The molecular formula is C28H37BN2O7. The number of benzene rings is 2. The van der Waals surface area contributed by atoms with Crippen LogP contribution in [0.3, 0.4) is 0 Å². The van der Waals surface area contributed by atoms with Crippen molar-refractivity contribution in [2.75, 3.05) is 5.32 Å². The van der Waals surface area contributed by atoms with Crippen molar-refractivity contribution in [1.82, 2.24) is 5.48 Å². The molecule has 2 aromatic carbocycles. The van der Waals surface area contributed by atoms with E-state index in [1.165, 1.54) is 0 Å². The van der Waals surface area contributed by atoms with E-state index in [2.05, 4.69) is 15.6 Å². The molecule has 0 spiro atoms. The number of hydrogen-bond acceptors (Lipinski definition) is 7. The van der Waals surface area contributed by atoms with Gasteiger partial charge in [0.15, 0.2) is 0 Å². The molecule has 0 aromatic heterocycles. The molecule has 2 amide bonds. The lowest BCUT2D eigenvalue weighted by molar-refractivity contribution is -0.131. The van der Waals surface area contributed by atoms with E-state index in [4.69, 9.17) is 14.0 Å². The van der Waals surface area contributed by atoms with Gasteiger partial charge in [0.05, 0.1) is 11.2 Å². The van der Waals surface area contributed by atoms with E-state index in [1.54, 1.807) is 0 Å². The molecule has 0 unspecified atom stereocenters. The predicted octanol–water partition coefficient (Wildman–Crippen LogP) is 4.65. The Morgan fingerprint density at radius 1 is 0.789 bits per heavy atom. The van der Waals surface area contributed by atoms with Crippen LogP contribution in [0.25, 0.3) is 0 Å². The van der Waals surface area contributed by atoms with Crippen molar-refractivity contribution < 1.29 is 33.3 Å². The number of ether oxygens (including phenoxy) is 1. The van der Waals surface area contributed by atoms with E-state index in [1.807, 2.05) is 82.3 Å². The van der Waals surface area contributed by atoms with Gasteiger partial charge in [0.1, 0.15) is 6.61 Å². The molecule has 1 aliphatic rings. The Morgan fingerprint density at radius 2 is 1.37 bits per heavy atom. The smallest absolute Gasteiger partial charge is 0.428 e. The number of carbonyl (C=O) groups excluding carboxylic acids is 3. The highest BCUT2D eigenvalue weighted by Crippen LogP contribution is 2.36. The standard InChI is InChI=1S/C28H37BN2O7/c1-27(2)28(3,4)38-29(37-27)22-18-16-21(17-19-22)20-35-26(34)36-31-25(33)15-11-6-5-10-14-24(32)30-23-12-8-7-9-13-23/h7-9,12-13,16-19H,5-6,10-11,14-15,20H2,1-4H3,(H,30,32)(H,31,33). The van der Waals surface area contributed by atoms with E-state index in [9.17, 15) is 14.4 Å². The van der Waals surface area contributed by atoms with Gasteiger partial charge in [0.25, 0.3) is 5.91 Å². The van der Waals surface area contributed by atoms with Gasteiger partial charge in [-0.3, -0.25) is 9.59 Å². The van der Waals surface area contributed by atoms with Crippen LogP contribution in [0.15, 0.2) is 54.6 Å². The average molecular weight is 524 g/mol. The third kappa shape index (κ3) is 8.88. The molecule has 0 aliphatic carbocycles. The van der Waals surface area contributed by atoms with E-state index >= 15 is 0 Å². The summed E-state index contributed by atoms with van der Waals surface area (Å²) in [6, 6.07) is 16.7. The summed E-state index contributed by atoms with van der Waals surface area (Å²) in [6.07, 6.45) is 2.63. The Bertz CT molecular complexity index is 1060. The summed E-state index contributed by atoms with van der Waals surface area (Å²) in [7, 11) is -0.464. The average Bonchev–Trinajstić information content (AvgIpc) is 3.11. The summed E-state index contributed by atoms with van der Waals surface area (Å²) in [4.78, 5) is 40.3. The molecule has 2 aromatic rings. The van der Waals surface area contributed by atoms with Crippen LogP contribution in [0, 0.1) is 0 Å². The molecular weight excluding hydrogens is 487 g/mol. The van der Waals surface area contributed by atoms with E-state index in [0.717, 1.165) is 36.0 Å². The number of nitrogens with one attached hydrogen (secondary N) is 2. The van der Waals surface area contributed by atoms with Crippen molar-refractivity contribution in [2.45, 2.75) is 84.0 Å². The van der Waals surface area contributed by atoms with Crippen LogP contribution >= 0.6 is 0 Å². The number of hydrogen-bond donors (Lipinski definition) is 2. The predicted molar refractivity (Wildman–Crippen MR) is 144 cm³/mol. The lowest BCUT2D eigenvalue weighted by Crippen LogP contribution is -2.41. The number of carbonyl (C=O) groups is 3. The summed E-state index contributed by atoms with van der Waals surface area (Å²) in [6.45, 7) is 7.98. The normalized spacial score (nSPS) is 15.5. The Balaban J connectivity index is 1.23. The van der Waals surface area contributed by atoms with Gasteiger partial charge < -0.3 is 24.2 Å². The molecule has 1 fully saturated rings. The van der Waals surface area contributed by atoms with Crippen molar-refractivity contribution >= 4 is 36.2 Å². The van der Waals surface area contributed by atoms with Gasteiger partial charge in [-0.1, -0.05) is 55.3 Å². The maximum atomic E-state index is 11.9. The molecule has 38 heavy (non-hydrogen) atoms. The first kappa shape index (κ1) is 29.2. The van der Waals surface area contributed by atoms with Gasteiger partial charge in [-0.05, 0) is 63.7 Å². The van der Waals surface area contributed by atoms with Crippen molar-refractivity contribution in [3.63, 3.8) is 0 Å². The van der Waals surface area contributed by atoms with Crippen LogP contribution in [0.2, 0.25) is 0 Å². The van der Waals surface area contributed by atoms with Crippen LogP contribution in [0.4, 0.5) is 10.5 Å². The highest BCUT2D eigenvalue weighted by Gasteiger charge is 2.51.